The van der Waals surface area contributed by atoms with Crippen LogP contribution in [0, 0.1) is 6.92 Å². The Hall–Kier alpha value is -2.03. The van der Waals surface area contributed by atoms with E-state index in [1.54, 1.807) is 0 Å². The van der Waals surface area contributed by atoms with Gasteiger partial charge in [0, 0.05) is 4.88 Å². The quantitative estimate of drug-likeness (QED) is 0.794. The summed E-state index contributed by atoms with van der Waals surface area (Å²) in [5, 5.41) is 17.3. The summed E-state index contributed by atoms with van der Waals surface area (Å²) in [6, 6.07) is -0.153. The number of hydrogen-bond donors (Lipinski definition) is 2. The number of aromatic amines is 1. The summed E-state index contributed by atoms with van der Waals surface area (Å²) in [6.07, 6.45) is 0. The number of aromatic nitrogens is 5. The van der Waals surface area contributed by atoms with Gasteiger partial charge in [0.25, 0.3) is 0 Å². The smallest absolute Gasteiger partial charge is 0.357 e. The first kappa shape index (κ1) is 12.4. The number of carbonyl (C=O) groups is 1. The summed E-state index contributed by atoms with van der Waals surface area (Å²) in [4.78, 5) is 16.4. The largest absolute Gasteiger partial charge is 0.464 e. The summed E-state index contributed by atoms with van der Waals surface area (Å²) >= 11 is 1.37. The van der Waals surface area contributed by atoms with Crippen LogP contribution in [0.15, 0.2) is 0 Å². The Bertz CT molecular complexity index is 537. The maximum Gasteiger partial charge on any atom is 0.357 e. The second-order valence-electron chi connectivity index (χ2n) is 3.55. The molecule has 0 amide bonds. The van der Waals surface area contributed by atoms with Crippen molar-refractivity contribution in [2.75, 3.05) is 12.4 Å². The lowest BCUT2D eigenvalue weighted by Gasteiger charge is -2.07. The van der Waals surface area contributed by atoms with Crippen LogP contribution in [0.4, 0.5) is 5.13 Å². The first-order chi connectivity index (χ1) is 8.61. The van der Waals surface area contributed by atoms with Gasteiger partial charge in [0.2, 0.25) is 0 Å². The first-order valence-electron chi connectivity index (χ1n) is 5.17. The van der Waals surface area contributed by atoms with Crippen LogP contribution in [0.5, 0.6) is 0 Å². The van der Waals surface area contributed by atoms with Crippen molar-refractivity contribution in [1.29, 1.82) is 0 Å². The van der Waals surface area contributed by atoms with Crippen molar-refractivity contribution in [1.82, 2.24) is 25.6 Å². The third-order valence-corrected chi connectivity index (χ3v) is 3.17. The molecule has 2 heterocycles. The molecule has 18 heavy (non-hydrogen) atoms. The zero-order chi connectivity index (χ0) is 13.1. The van der Waals surface area contributed by atoms with Crippen molar-refractivity contribution in [2.45, 2.75) is 19.9 Å². The molecular weight excluding hydrogens is 256 g/mol. The fraction of sp³-hybridized carbons (Fsp3) is 0.444. The van der Waals surface area contributed by atoms with Crippen LogP contribution in [-0.4, -0.2) is 38.7 Å². The van der Waals surface area contributed by atoms with E-state index >= 15 is 0 Å². The highest BCUT2D eigenvalue weighted by molar-refractivity contribution is 7.15. The number of nitrogens with zero attached hydrogens (tertiary/aromatic N) is 4. The number of H-pyrrole nitrogens is 1. The summed E-state index contributed by atoms with van der Waals surface area (Å²) < 4.78 is 4.65. The van der Waals surface area contributed by atoms with E-state index in [-0.39, 0.29) is 6.04 Å². The molecule has 0 saturated heterocycles. The predicted octanol–water partition coefficient (Wildman–Crippen LogP) is 0.924. The van der Waals surface area contributed by atoms with Gasteiger partial charge in [0.05, 0.1) is 13.2 Å². The average Bonchev–Trinajstić information content (AvgIpc) is 2.97. The standard InChI is InChI=1S/C9H12N6O2S/c1-4(7-12-14-15-13-7)10-9-11-6(5(2)18-9)8(16)17-3/h4H,1-3H3,(H,10,11)(H,12,13,14,15). The van der Waals surface area contributed by atoms with E-state index in [4.69, 9.17) is 0 Å². The molecule has 8 nitrogen and oxygen atoms in total. The highest BCUT2D eigenvalue weighted by Crippen LogP contribution is 2.25. The maximum absolute atomic E-state index is 11.4. The van der Waals surface area contributed by atoms with Crippen LogP contribution < -0.4 is 5.32 Å². The fourth-order valence-corrected chi connectivity index (χ4v) is 2.24. The Morgan fingerprint density at radius 1 is 1.56 bits per heavy atom. The lowest BCUT2D eigenvalue weighted by molar-refractivity contribution is 0.0594. The van der Waals surface area contributed by atoms with Gasteiger partial charge in [-0.05, 0) is 13.8 Å². The molecule has 1 atom stereocenters. The number of esters is 1. The molecule has 0 aliphatic rings. The van der Waals surface area contributed by atoms with Gasteiger partial charge in [-0.15, -0.1) is 21.5 Å². The van der Waals surface area contributed by atoms with Gasteiger partial charge in [-0.3, -0.25) is 0 Å². The van der Waals surface area contributed by atoms with Gasteiger partial charge in [-0.25, -0.2) is 9.78 Å². The fourth-order valence-electron chi connectivity index (χ4n) is 1.35. The second-order valence-corrected chi connectivity index (χ2v) is 4.75. The third-order valence-electron chi connectivity index (χ3n) is 2.26. The maximum atomic E-state index is 11.4. The Labute approximate surface area is 107 Å². The number of thiazole rings is 1. The number of rotatable bonds is 4. The van der Waals surface area contributed by atoms with E-state index in [1.807, 2.05) is 13.8 Å². The zero-order valence-corrected chi connectivity index (χ0v) is 10.9. The number of aryl methyl sites for hydroxylation is 1. The van der Waals surface area contributed by atoms with Crippen molar-refractivity contribution in [3.63, 3.8) is 0 Å². The average molecular weight is 268 g/mol. The topological polar surface area (TPSA) is 106 Å². The number of hydrogen-bond acceptors (Lipinski definition) is 8. The minimum atomic E-state index is -0.441. The van der Waals surface area contributed by atoms with E-state index < -0.39 is 5.97 Å². The van der Waals surface area contributed by atoms with Gasteiger partial charge >= 0.3 is 5.97 Å². The molecule has 0 fully saturated rings. The molecule has 96 valence electrons. The molecule has 2 aromatic heterocycles. The van der Waals surface area contributed by atoms with E-state index in [0.717, 1.165) is 4.88 Å². The van der Waals surface area contributed by atoms with Gasteiger partial charge < -0.3 is 10.1 Å². The zero-order valence-electron chi connectivity index (χ0n) is 10.1. The number of tetrazole rings is 1. The molecule has 2 aromatic rings. The summed E-state index contributed by atoms with van der Waals surface area (Å²) in [7, 11) is 1.33. The summed E-state index contributed by atoms with van der Waals surface area (Å²) in [5.41, 5.74) is 0.324. The Kier molecular flexibility index (Phi) is 3.51. The SMILES string of the molecule is COC(=O)c1nc(NC(C)c2nn[nH]n2)sc1C. The van der Waals surface area contributed by atoms with Crippen molar-refractivity contribution in [3.8, 4) is 0 Å². The normalized spacial score (nSPS) is 12.2. The monoisotopic (exact) mass is 268 g/mol. The van der Waals surface area contributed by atoms with Crippen LogP contribution >= 0.6 is 11.3 Å². The van der Waals surface area contributed by atoms with E-state index in [9.17, 15) is 4.79 Å². The van der Waals surface area contributed by atoms with Crippen molar-refractivity contribution < 1.29 is 9.53 Å². The highest BCUT2D eigenvalue weighted by Gasteiger charge is 2.18. The Morgan fingerprint density at radius 3 is 2.94 bits per heavy atom. The van der Waals surface area contributed by atoms with Gasteiger partial charge in [0.1, 0.15) is 0 Å². The summed E-state index contributed by atoms with van der Waals surface area (Å²) in [6.45, 7) is 3.69. The Balaban J connectivity index is 2.13. The van der Waals surface area contributed by atoms with Crippen LogP contribution in [0.3, 0.4) is 0 Å². The second kappa shape index (κ2) is 5.08. The van der Waals surface area contributed by atoms with Crippen molar-refractivity contribution >= 4 is 22.4 Å². The van der Waals surface area contributed by atoms with E-state index in [0.29, 0.717) is 16.6 Å². The van der Waals surface area contributed by atoms with E-state index in [1.165, 1.54) is 18.4 Å². The number of nitrogens with one attached hydrogen (secondary N) is 2. The lowest BCUT2D eigenvalue weighted by atomic mass is 10.3. The predicted molar refractivity (Wildman–Crippen MR) is 64.4 cm³/mol. The van der Waals surface area contributed by atoms with Gasteiger partial charge in [-0.2, -0.15) is 5.21 Å². The molecule has 0 radical (unpaired) electrons. The molecule has 2 rings (SSSR count). The number of methoxy groups -OCH3 is 1. The minimum Gasteiger partial charge on any atom is -0.464 e. The molecular formula is C9H12N6O2S. The molecule has 1 unspecified atom stereocenters. The van der Waals surface area contributed by atoms with Crippen LogP contribution in [0.1, 0.15) is 34.2 Å². The molecule has 9 heteroatoms. The van der Waals surface area contributed by atoms with Crippen LogP contribution in [0.2, 0.25) is 0 Å². The highest BCUT2D eigenvalue weighted by atomic mass is 32.1. The van der Waals surface area contributed by atoms with Crippen LogP contribution in [0.25, 0.3) is 0 Å². The molecule has 0 spiro atoms. The Morgan fingerprint density at radius 2 is 2.33 bits per heavy atom. The number of carbonyl (C=O) groups excluding carboxylic acids is 1. The molecule has 2 N–H and O–H groups in total. The van der Waals surface area contributed by atoms with Crippen molar-refractivity contribution in [3.05, 3.63) is 16.4 Å². The van der Waals surface area contributed by atoms with Crippen LogP contribution in [-0.2, 0) is 4.74 Å². The number of ether oxygens (including phenoxy) is 1. The first-order valence-corrected chi connectivity index (χ1v) is 5.99. The molecule has 0 saturated carbocycles. The molecule has 0 aliphatic heterocycles. The van der Waals surface area contributed by atoms with Gasteiger partial charge in [-0.1, -0.05) is 5.21 Å². The van der Waals surface area contributed by atoms with Gasteiger partial charge in [0.15, 0.2) is 16.6 Å². The van der Waals surface area contributed by atoms with Crippen molar-refractivity contribution in [2.24, 2.45) is 0 Å². The minimum absolute atomic E-state index is 0.153. The number of anilines is 1. The molecule has 0 aromatic carbocycles. The third kappa shape index (κ3) is 2.45. The molecule has 0 bridgehead atoms. The molecule has 0 aliphatic carbocycles. The lowest BCUT2D eigenvalue weighted by Crippen LogP contribution is -2.09. The van der Waals surface area contributed by atoms with E-state index in [2.05, 4.69) is 35.7 Å². The summed E-state index contributed by atoms with van der Waals surface area (Å²) in [5.74, 6) is 0.0893.